The van der Waals surface area contributed by atoms with Gasteiger partial charge in [-0.2, -0.15) is 0 Å². The molecule has 0 saturated carbocycles. The van der Waals surface area contributed by atoms with Gasteiger partial charge in [0.25, 0.3) is 0 Å². The Labute approximate surface area is 117 Å². The predicted molar refractivity (Wildman–Crippen MR) is 69.3 cm³/mol. The van der Waals surface area contributed by atoms with Crippen LogP contribution in [-0.2, 0) is 9.59 Å². The number of rotatable bonds is 4. The lowest BCUT2D eigenvalue weighted by Crippen LogP contribution is -2.27. The van der Waals surface area contributed by atoms with E-state index in [1.165, 1.54) is 0 Å². The number of aliphatic carboxylic acids is 1. The summed E-state index contributed by atoms with van der Waals surface area (Å²) in [5.41, 5.74) is 0.413. The summed E-state index contributed by atoms with van der Waals surface area (Å²) in [4.78, 5) is 21.6. The van der Waals surface area contributed by atoms with Crippen molar-refractivity contribution >= 4 is 28.3 Å². The minimum atomic E-state index is -1.14. The molecule has 1 heterocycles. The van der Waals surface area contributed by atoms with Crippen molar-refractivity contribution in [2.75, 3.05) is 13.2 Å². The van der Waals surface area contributed by atoms with Crippen LogP contribution >= 0.6 is 15.9 Å². The minimum absolute atomic E-state index is 0.357. The second kappa shape index (κ2) is 5.92. The molecule has 2 N–H and O–H groups in total. The van der Waals surface area contributed by atoms with Crippen molar-refractivity contribution in [3.63, 3.8) is 0 Å². The van der Waals surface area contributed by atoms with Crippen molar-refractivity contribution in [2.45, 2.75) is 12.5 Å². The van der Waals surface area contributed by atoms with E-state index in [1.54, 1.807) is 12.1 Å². The predicted octanol–water partition coefficient (Wildman–Crippen LogP) is 1.48. The van der Waals surface area contributed by atoms with E-state index in [9.17, 15) is 9.59 Å². The molecule has 6 nitrogen and oxygen atoms in total. The third-order valence-corrected chi connectivity index (χ3v) is 3.23. The van der Waals surface area contributed by atoms with Crippen LogP contribution in [0.3, 0.4) is 0 Å². The quantitative estimate of drug-likeness (QED) is 0.817. The van der Waals surface area contributed by atoms with E-state index in [2.05, 4.69) is 21.2 Å². The van der Waals surface area contributed by atoms with Gasteiger partial charge in [-0.05, 0) is 33.6 Å². The maximum atomic E-state index is 11.1. The van der Waals surface area contributed by atoms with E-state index in [0.717, 1.165) is 6.42 Å². The number of carbonyl (C=O) groups excluding carboxylic acids is 1. The van der Waals surface area contributed by atoms with Gasteiger partial charge < -0.3 is 19.9 Å². The van der Waals surface area contributed by atoms with Crippen molar-refractivity contribution < 1.29 is 24.2 Å². The summed E-state index contributed by atoms with van der Waals surface area (Å²) in [7, 11) is 0. The van der Waals surface area contributed by atoms with Crippen molar-refractivity contribution in [1.82, 2.24) is 5.32 Å². The Morgan fingerprint density at radius 3 is 2.84 bits per heavy atom. The van der Waals surface area contributed by atoms with E-state index >= 15 is 0 Å². The number of ether oxygens (including phenoxy) is 2. The molecule has 0 spiro atoms. The molecule has 0 radical (unpaired) electrons. The normalized spacial score (nSPS) is 15.2. The van der Waals surface area contributed by atoms with Gasteiger partial charge in [0.15, 0.2) is 17.5 Å². The Morgan fingerprint density at radius 2 is 2.16 bits per heavy atom. The Kier molecular flexibility index (Phi) is 4.26. The molecule has 1 unspecified atom stereocenters. The smallest absolute Gasteiger partial charge is 0.330 e. The zero-order valence-electron chi connectivity index (χ0n) is 9.89. The van der Waals surface area contributed by atoms with Crippen LogP contribution in [0, 0.1) is 0 Å². The van der Waals surface area contributed by atoms with Gasteiger partial charge in [-0.3, -0.25) is 4.79 Å². The standard InChI is InChI=1S/C12H12BrNO5/c13-8-4-7(10(12(16)17)14-6-15)5-9-11(8)19-3-1-2-18-9/h4-6,10H,1-3H2,(H,14,15)(H,16,17). The fourth-order valence-electron chi connectivity index (χ4n) is 1.80. The molecule has 0 aliphatic carbocycles. The van der Waals surface area contributed by atoms with Gasteiger partial charge in [-0.15, -0.1) is 0 Å². The largest absolute Gasteiger partial charge is 0.490 e. The Hall–Kier alpha value is -1.76. The van der Waals surface area contributed by atoms with Crippen molar-refractivity contribution in [2.24, 2.45) is 0 Å². The van der Waals surface area contributed by atoms with E-state index < -0.39 is 12.0 Å². The van der Waals surface area contributed by atoms with Crippen molar-refractivity contribution in [3.8, 4) is 11.5 Å². The number of carboxylic acids is 1. The summed E-state index contributed by atoms with van der Waals surface area (Å²) >= 11 is 3.32. The van der Waals surface area contributed by atoms with E-state index in [0.29, 0.717) is 41.2 Å². The van der Waals surface area contributed by atoms with Gasteiger partial charge in [-0.1, -0.05) is 0 Å². The third-order valence-electron chi connectivity index (χ3n) is 2.64. The van der Waals surface area contributed by atoms with E-state index in [1.807, 2.05) is 0 Å². The molecule has 1 aliphatic rings. The second-order valence-electron chi connectivity index (χ2n) is 3.94. The maximum absolute atomic E-state index is 11.1. The summed E-state index contributed by atoms with van der Waals surface area (Å²) in [6, 6.07) is 2.05. The number of fused-ring (bicyclic) bond motifs is 1. The first-order chi connectivity index (χ1) is 9.13. The average molecular weight is 330 g/mol. The molecule has 0 aromatic heterocycles. The van der Waals surface area contributed by atoms with Crippen LogP contribution in [0.2, 0.25) is 0 Å². The first-order valence-electron chi connectivity index (χ1n) is 5.65. The third kappa shape index (κ3) is 2.98. The molecular weight excluding hydrogens is 318 g/mol. The van der Waals surface area contributed by atoms with Crippen molar-refractivity contribution in [1.29, 1.82) is 0 Å². The number of nitrogens with one attached hydrogen (secondary N) is 1. The van der Waals surface area contributed by atoms with Crippen LogP contribution in [0.25, 0.3) is 0 Å². The highest BCUT2D eigenvalue weighted by atomic mass is 79.9. The van der Waals surface area contributed by atoms with Crippen LogP contribution in [0.15, 0.2) is 16.6 Å². The summed E-state index contributed by atoms with van der Waals surface area (Å²) in [5, 5.41) is 11.4. The monoisotopic (exact) mass is 329 g/mol. The fraction of sp³-hybridized carbons (Fsp3) is 0.333. The second-order valence-corrected chi connectivity index (χ2v) is 4.79. The van der Waals surface area contributed by atoms with Crippen LogP contribution in [0.1, 0.15) is 18.0 Å². The summed E-state index contributed by atoms with van der Waals surface area (Å²) in [5.74, 6) is -0.120. The summed E-state index contributed by atoms with van der Waals surface area (Å²) in [6.45, 7) is 1.04. The Bertz CT molecular complexity index is 505. The lowest BCUT2D eigenvalue weighted by Gasteiger charge is -2.16. The number of benzene rings is 1. The lowest BCUT2D eigenvalue weighted by atomic mass is 10.1. The first-order valence-corrected chi connectivity index (χ1v) is 6.44. The zero-order valence-corrected chi connectivity index (χ0v) is 11.5. The number of carboxylic acid groups (broad SMARTS) is 1. The van der Waals surface area contributed by atoms with Gasteiger partial charge in [0, 0.05) is 6.42 Å². The molecular formula is C12H12BrNO5. The van der Waals surface area contributed by atoms with Crippen LogP contribution in [-0.4, -0.2) is 30.7 Å². The molecule has 7 heteroatoms. The number of hydrogen-bond donors (Lipinski definition) is 2. The topological polar surface area (TPSA) is 84.9 Å². The van der Waals surface area contributed by atoms with Crippen LogP contribution in [0.5, 0.6) is 11.5 Å². The molecule has 0 bridgehead atoms. The Morgan fingerprint density at radius 1 is 1.42 bits per heavy atom. The fourth-order valence-corrected chi connectivity index (χ4v) is 2.37. The number of carbonyl (C=O) groups is 2. The summed E-state index contributed by atoms with van der Waals surface area (Å²) in [6.07, 6.45) is 1.11. The highest BCUT2D eigenvalue weighted by Crippen LogP contribution is 2.39. The lowest BCUT2D eigenvalue weighted by molar-refractivity contribution is -0.140. The number of amides is 1. The molecule has 1 atom stereocenters. The van der Waals surface area contributed by atoms with E-state index in [-0.39, 0.29) is 0 Å². The van der Waals surface area contributed by atoms with Gasteiger partial charge >= 0.3 is 5.97 Å². The molecule has 2 rings (SSSR count). The zero-order chi connectivity index (χ0) is 13.8. The average Bonchev–Trinajstić information content (AvgIpc) is 2.61. The molecule has 102 valence electrons. The molecule has 0 saturated heterocycles. The Balaban J connectivity index is 2.41. The number of halogens is 1. The molecule has 1 amide bonds. The SMILES string of the molecule is O=CNC(C(=O)O)c1cc(Br)c2c(c1)OCCCO2. The highest BCUT2D eigenvalue weighted by molar-refractivity contribution is 9.10. The molecule has 1 aromatic carbocycles. The van der Waals surface area contributed by atoms with Gasteiger partial charge in [-0.25, -0.2) is 4.79 Å². The molecule has 1 aliphatic heterocycles. The van der Waals surface area contributed by atoms with Gasteiger partial charge in [0.1, 0.15) is 0 Å². The number of hydrogen-bond acceptors (Lipinski definition) is 4. The van der Waals surface area contributed by atoms with Crippen LogP contribution < -0.4 is 14.8 Å². The highest BCUT2D eigenvalue weighted by Gasteiger charge is 2.23. The minimum Gasteiger partial charge on any atom is -0.490 e. The van der Waals surface area contributed by atoms with Gasteiger partial charge in [0.2, 0.25) is 6.41 Å². The first kappa shape index (κ1) is 13.7. The van der Waals surface area contributed by atoms with Gasteiger partial charge in [0.05, 0.1) is 17.7 Å². The van der Waals surface area contributed by atoms with Crippen LogP contribution in [0.4, 0.5) is 0 Å². The molecule has 0 fully saturated rings. The summed E-state index contributed by atoms with van der Waals surface area (Å²) < 4.78 is 11.6. The van der Waals surface area contributed by atoms with E-state index in [4.69, 9.17) is 14.6 Å². The maximum Gasteiger partial charge on any atom is 0.330 e. The van der Waals surface area contributed by atoms with Crippen molar-refractivity contribution in [3.05, 3.63) is 22.2 Å². The molecule has 19 heavy (non-hydrogen) atoms. The molecule has 1 aromatic rings.